The van der Waals surface area contributed by atoms with E-state index in [0.29, 0.717) is 54.5 Å². The molecule has 3 aliphatic rings. The molecule has 16 heteroatoms. The van der Waals surface area contributed by atoms with Crippen LogP contribution in [0.3, 0.4) is 0 Å². The lowest BCUT2D eigenvalue weighted by molar-refractivity contribution is -0.120. The van der Waals surface area contributed by atoms with Gasteiger partial charge in [0.05, 0.1) is 48.7 Å². The summed E-state index contributed by atoms with van der Waals surface area (Å²) in [5.74, 6) is 0.997. The van der Waals surface area contributed by atoms with Crippen molar-refractivity contribution < 1.29 is 52.4 Å². The molecule has 2 amide bonds. The van der Waals surface area contributed by atoms with Crippen LogP contribution in [0.15, 0.2) is 92.0 Å². The third-order valence-electron chi connectivity index (χ3n) is 10.4. The average molecular weight is 829 g/mol. The number of rotatable bonds is 7. The molecule has 320 valence electrons. The number of benzene rings is 1. The molecular formula is C44H52N4O12. The number of hydrogen-bond acceptors (Lipinski definition) is 14. The molecule has 2 bridgehead atoms. The maximum absolute atomic E-state index is 14.0. The summed E-state index contributed by atoms with van der Waals surface area (Å²) in [5, 5.41) is 17.4. The minimum atomic E-state index is -1.03. The van der Waals surface area contributed by atoms with Crippen LogP contribution in [0.5, 0.6) is 5.75 Å². The largest absolute Gasteiger partial charge is 0.440 e. The van der Waals surface area contributed by atoms with Gasteiger partial charge in [-0.2, -0.15) is 0 Å². The molecule has 60 heavy (non-hydrogen) atoms. The number of primary amides is 1. The van der Waals surface area contributed by atoms with Crippen molar-refractivity contribution in [2.75, 3.05) is 52.0 Å². The van der Waals surface area contributed by atoms with Gasteiger partial charge in [0.2, 0.25) is 11.6 Å². The number of hydrogen-bond donors (Lipinski definition) is 4. The zero-order valence-electron chi connectivity index (χ0n) is 34.6. The van der Waals surface area contributed by atoms with Crippen LogP contribution in [0.4, 0.5) is 10.7 Å². The Morgan fingerprint density at radius 2 is 1.83 bits per heavy atom. The van der Waals surface area contributed by atoms with Crippen molar-refractivity contribution in [1.29, 1.82) is 0 Å². The van der Waals surface area contributed by atoms with Crippen molar-refractivity contribution in [3.63, 3.8) is 0 Å². The fraction of sp³-hybridized carbons (Fsp3) is 0.432. The number of fused-ring (bicyclic) bond motifs is 3. The van der Waals surface area contributed by atoms with Gasteiger partial charge in [-0.1, -0.05) is 38.2 Å². The van der Waals surface area contributed by atoms with Gasteiger partial charge in [-0.05, 0) is 56.2 Å². The molecule has 1 aromatic heterocycles. The summed E-state index contributed by atoms with van der Waals surface area (Å²) in [5.41, 5.74) is 6.21. The second-order valence-corrected chi connectivity index (χ2v) is 14.9. The van der Waals surface area contributed by atoms with E-state index in [2.05, 4.69) is 22.7 Å². The number of aliphatic hydroxyl groups is 1. The van der Waals surface area contributed by atoms with Crippen LogP contribution >= 0.6 is 0 Å². The first-order chi connectivity index (χ1) is 28.7. The highest BCUT2D eigenvalue weighted by Gasteiger charge is 2.33. The van der Waals surface area contributed by atoms with Crippen molar-refractivity contribution in [2.24, 2.45) is 17.6 Å². The monoisotopic (exact) mass is 828 g/mol. The molecule has 5 rings (SSSR count). The highest BCUT2D eigenvalue weighted by atomic mass is 16.6. The summed E-state index contributed by atoms with van der Waals surface area (Å²) in [6.45, 7) is 9.04. The van der Waals surface area contributed by atoms with Crippen molar-refractivity contribution in [3.05, 3.63) is 93.0 Å². The number of ketones is 2. The Hall–Kier alpha value is -5.99. The molecule has 0 saturated carbocycles. The van der Waals surface area contributed by atoms with E-state index in [1.807, 2.05) is 11.8 Å². The van der Waals surface area contributed by atoms with E-state index in [1.54, 1.807) is 44.2 Å². The maximum Gasteiger partial charge on any atom is 0.405 e. The zero-order valence-corrected chi connectivity index (χ0v) is 34.6. The molecule has 0 spiro atoms. The number of nitrogens with zero attached hydrogens (tertiary/aromatic N) is 1. The Labute approximate surface area is 348 Å². The smallest absolute Gasteiger partial charge is 0.405 e. The van der Waals surface area contributed by atoms with Gasteiger partial charge in [-0.25, -0.2) is 4.79 Å². The van der Waals surface area contributed by atoms with Crippen LogP contribution < -0.4 is 31.4 Å². The second kappa shape index (κ2) is 20.8. The van der Waals surface area contributed by atoms with Gasteiger partial charge < -0.3 is 54.5 Å². The van der Waals surface area contributed by atoms with Crippen LogP contribution in [-0.4, -0.2) is 100 Å². The summed E-state index contributed by atoms with van der Waals surface area (Å²) in [6, 6.07) is 6.22. The van der Waals surface area contributed by atoms with E-state index in [4.69, 9.17) is 33.8 Å². The van der Waals surface area contributed by atoms with Gasteiger partial charge in [-0.3, -0.25) is 19.2 Å². The quantitative estimate of drug-likeness (QED) is 0.179. The van der Waals surface area contributed by atoms with Crippen LogP contribution in [0.25, 0.3) is 11.0 Å². The van der Waals surface area contributed by atoms with E-state index < -0.39 is 53.9 Å². The number of carbonyl (C=O) groups excluding carboxylic acids is 4. The Kier molecular flexibility index (Phi) is 15.6. The number of nitrogens with one attached hydrogen (secondary N) is 2. The van der Waals surface area contributed by atoms with E-state index >= 15 is 0 Å². The van der Waals surface area contributed by atoms with E-state index in [0.717, 1.165) is 6.08 Å². The van der Waals surface area contributed by atoms with Crippen LogP contribution in [-0.2, 0) is 33.3 Å². The third kappa shape index (κ3) is 11.4. The minimum Gasteiger partial charge on any atom is -0.440 e. The summed E-state index contributed by atoms with van der Waals surface area (Å²) in [6.07, 6.45) is 5.78. The summed E-state index contributed by atoms with van der Waals surface area (Å²) < 4.78 is 33.8. The Morgan fingerprint density at radius 3 is 2.53 bits per heavy atom. The molecule has 1 aromatic carbocycles. The van der Waals surface area contributed by atoms with Gasteiger partial charge in [0.25, 0.3) is 5.91 Å². The molecule has 5 N–H and O–H groups in total. The topological polar surface area (TPSA) is 218 Å². The summed E-state index contributed by atoms with van der Waals surface area (Å²) in [7, 11) is 2.89. The number of nitrogens with two attached hydrogens (primary N) is 1. The van der Waals surface area contributed by atoms with Gasteiger partial charge >= 0.3 is 6.09 Å². The number of allylic oxidation sites excluding steroid dienone is 4. The number of ether oxygens (including phenoxy) is 5. The average Bonchev–Trinajstić information content (AvgIpc) is 3.22. The van der Waals surface area contributed by atoms with Gasteiger partial charge in [-0.15, -0.1) is 0 Å². The number of anilines is 1. The molecule has 3 heterocycles. The van der Waals surface area contributed by atoms with Crippen molar-refractivity contribution in [2.45, 2.75) is 65.0 Å². The molecular weight excluding hydrogens is 776 g/mol. The molecule has 1 aliphatic carbocycles. The van der Waals surface area contributed by atoms with Gasteiger partial charge in [0.1, 0.15) is 23.5 Å². The lowest BCUT2D eigenvalue weighted by Gasteiger charge is -2.30. The first kappa shape index (κ1) is 45.1. The first-order valence-corrected chi connectivity index (χ1v) is 19.6. The second-order valence-electron chi connectivity index (χ2n) is 14.9. The predicted octanol–water partition coefficient (Wildman–Crippen LogP) is 3.33. The first-order valence-electron chi connectivity index (χ1n) is 19.6. The number of carbonyl (C=O) groups is 4. The molecule has 2 aliphatic heterocycles. The fourth-order valence-electron chi connectivity index (χ4n) is 7.17. The minimum absolute atomic E-state index is 0.0101. The Morgan fingerprint density at radius 1 is 1.08 bits per heavy atom. The summed E-state index contributed by atoms with van der Waals surface area (Å²) in [4.78, 5) is 67.5. The molecule has 0 radical (unpaired) electrons. The molecule has 1 fully saturated rings. The lowest BCUT2D eigenvalue weighted by Crippen LogP contribution is -2.38. The number of aliphatic hydroxyl groups excluding tert-OH is 1. The SMILES string of the molecule is COC1/C=C\C=C(/C)C(=O)NC2=CC(=O)C(NCC#COc3ccc4c(=O)cc(N5CCOCC5)oc4c3)=C(C[C@@H](C)C[C@H](OC)[C@H](O)[C@@H](C)/C=C(\C)[C@@H]1OC(N)=O)C2=O. The Balaban J connectivity index is 1.39. The maximum atomic E-state index is 14.0. The van der Waals surface area contributed by atoms with Crippen LogP contribution in [0.1, 0.15) is 40.5 Å². The molecule has 16 nitrogen and oxygen atoms in total. The number of methoxy groups -OCH3 is 2. The number of Topliss-reactive ketones (excluding diaryl/α,β-unsaturated/α-hetero) is 1. The van der Waals surface area contributed by atoms with Crippen LogP contribution in [0, 0.1) is 23.9 Å². The third-order valence-corrected chi connectivity index (χ3v) is 10.4. The van der Waals surface area contributed by atoms with E-state index in [-0.39, 0.29) is 53.3 Å². The molecule has 1 saturated heterocycles. The van der Waals surface area contributed by atoms with Crippen molar-refractivity contribution in [3.8, 4) is 17.8 Å². The predicted molar refractivity (Wildman–Crippen MR) is 221 cm³/mol. The highest BCUT2D eigenvalue weighted by Crippen LogP contribution is 2.29. The van der Waals surface area contributed by atoms with E-state index in [9.17, 15) is 29.1 Å². The normalized spacial score (nSPS) is 27.0. The molecule has 1 unspecified atom stereocenters. The van der Waals surface area contributed by atoms with Gasteiger partial charge in [0, 0.05) is 62.6 Å². The van der Waals surface area contributed by atoms with Crippen molar-refractivity contribution >= 4 is 40.4 Å². The molecule has 6 atom stereocenters. The van der Waals surface area contributed by atoms with Crippen LogP contribution in [0.2, 0.25) is 0 Å². The van der Waals surface area contributed by atoms with Crippen molar-refractivity contribution in [1.82, 2.24) is 10.6 Å². The number of morpholine rings is 1. The van der Waals surface area contributed by atoms with E-state index in [1.165, 1.54) is 39.4 Å². The fourth-order valence-corrected chi connectivity index (χ4v) is 7.17. The lowest BCUT2D eigenvalue weighted by atomic mass is 9.85. The van der Waals surface area contributed by atoms with Gasteiger partial charge in [0.15, 0.2) is 17.4 Å². The zero-order chi connectivity index (χ0) is 43.5. The number of amides is 2. The summed E-state index contributed by atoms with van der Waals surface area (Å²) >= 11 is 0. The Bertz CT molecular complexity index is 2240. The standard InChI is InChI=1S/C44H52N4O12/c1-25-19-31-39(46-13-8-16-58-29-11-12-30-33(49)24-38(59-36(30)22-29)48-14-17-57-18-15-48)34(50)23-32(41(31)52)47-43(53)26(2)9-7-10-35(55-5)42(60-44(45)54)28(4)21-27(3)40(51)37(20-25)56-6/h7,9-12,21-25,27,35,37,40,42,46,51H,13-15,17-20H2,1-6H3,(H2,45,54)(H,47,53)/b10-7-,26-9+,28-21+/t25-,27+,35?,37+,40-,42+/m1/s1. The molecule has 2 aromatic rings. The highest BCUT2D eigenvalue weighted by molar-refractivity contribution is 6.23.